The van der Waals surface area contributed by atoms with E-state index in [9.17, 15) is 13.2 Å². The van der Waals surface area contributed by atoms with Crippen LogP contribution in [0.5, 0.6) is 0 Å². The summed E-state index contributed by atoms with van der Waals surface area (Å²) in [6, 6.07) is 5.14. The molecule has 0 saturated heterocycles. The van der Waals surface area contributed by atoms with Gasteiger partial charge in [-0.25, -0.2) is 4.98 Å². The van der Waals surface area contributed by atoms with Gasteiger partial charge in [-0.3, -0.25) is 5.10 Å². The van der Waals surface area contributed by atoms with Crippen LogP contribution in [-0.4, -0.2) is 15.2 Å². The first-order valence-corrected chi connectivity index (χ1v) is 7.36. The number of H-pyrrole nitrogens is 1. The summed E-state index contributed by atoms with van der Waals surface area (Å²) < 4.78 is 37.4. The molecular weight excluding hydrogens is 299 g/mol. The molecule has 1 heterocycles. The second-order valence-electron chi connectivity index (χ2n) is 5.70. The Bertz CT molecular complexity index is 597. The minimum atomic E-state index is -4.29. The summed E-state index contributed by atoms with van der Waals surface area (Å²) in [6.45, 7) is 6.08. The van der Waals surface area contributed by atoms with Crippen molar-refractivity contribution in [3.8, 4) is 0 Å². The zero-order valence-corrected chi connectivity index (χ0v) is 12.8. The van der Waals surface area contributed by atoms with E-state index in [1.165, 1.54) is 23.9 Å². The quantitative estimate of drug-likeness (QED) is 0.853. The third-order valence-corrected chi connectivity index (χ3v) is 3.74. The molecule has 2 aromatic rings. The molecule has 1 N–H and O–H groups in total. The molecule has 0 aliphatic heterocycles. The zero-order chi connectivity index (χ0) is 15.7. The van der Waals surface area contributed by atoms with E-state index >= 15 is 0 Å². The molecule has 0 fully saturated rings. The second-order valence-corrected chi connectivity index (χ2v) is 6.64. The van der Waals surface area contributed by atoms with Gasteiger partial charge in [0.1, 0.15) is 5.82 Å². The average Bonchev–Trinajstić information content (AvgIpc) is 2.84. The lowest BCUT2D eigenvalue weighted by Gasteiger charge is -2.12. The van der Waals surface area contributed by atoms with Crippen molar-refractivity contribution in [1.29, 1.82) is 0 Å². The van der Waals surface area contributed by atoms with Crippen LogP contribution < -0.4 is 0 Å². The third kappa shape index (κ3) is 4.23. The molecule has 0 bridgehead atoms. The van der Waals surface area contributed by atoms with E-state index in [-0.39, 0.29) is 5.41 Å². The van der Waals surface area contributed by atoms with Crippen molar-refractivity contribution in [2.45, 2.75) is 43.3 Å². The highest BCUT2D eigenvalue weighted by atomic mass is 32.2. The predicted octanol–water partition coefficient (Wildman–Crippen LogP) is 4.41. The van der Waals surface area contributed by atoms with E-state index in [0.29, 0.717) is 10.9 Å². The lowest BCUT2D eigenvalue weighted by atomic mass is 9.96. The van der Waals surface area contributed by atoms with Gasteiger partial charge in [0, 0.05) is 11.2 Å². The summed E-state index contributed by atoms with van der Waals surface area (Å²) in [5.41, 5.74) is 0.0550. The maximum absolute atomic E-state index is 12.5. The van der Waals surface area contributed by atoms with Crippen molar-refractivity contribution in [3.63, 3.8) is 0 Å². The lowest BCUT2D eigenvalue weighted by Crippen LogP contribution is -2.13. The number of benzene rings is 1. The SMILES string of the molecule is CC(C)(C)c1nc(SCc2ccc(C(F)(F)F)cc2)n[nH]1. The molecule has 0 aliphatic rings. The highest BCUT2D eigenvalue weighted by Crippen LogP contribution is 2.30. The van der Waals surface area contributed by atoms with Gasteiger partial charge in [0.05, 0.1) is 5.56 Å². The van der Waals surface area contributed by atoms with E-state index in [4.69, 9.17) is 0 Å². The van der Waals surface area contributed by atoms with Crippen LogP contribution in [0, 0.1) is 0 Å². The first kappa shape index (κ1) is 15.9. The van der Waals surface area contributed by atoms with Gasteiger partial charge in [-0.05, 0) is 17.7 Å². The summed E-state index contributed by atoms with van der Waals surface area (Å²) in [6.07, 6.45) is -4.29. The lowest BCUT2D eigenvalue weighted by molar-refractivity contribution is -0.137. The van der Waals surface area contributed by atoms with Crippen molar-refractivity contribution >= 4 is 11.8 Å². The number of aromatic nitrogens is 3. The standard InChI is InChI=1S/C14H16F3N3S/c1-13(2,3)11-18-12(20-19-11)21-8-9-4-6-10(7-5-9)14(15,16)17/h4-7H,8H2,1-3H3,(H,18,19,20). The Morgan fingerprint density at radius 3 is 2.19 bits per heavy atom. The summed E-state index contributed by atoms with van der Waals surface area (Å²) in [4.78, 5) is 4.37. The summed E-state index contributed by atoms with van der Waals surface area (Å²) in [5, 5.41) is 7.58. The molecule has 1 aromatic carbocycles. The van der Waals surface area contributed by atoms with Crippen LogP contribution in [0.25, 0.3) is 0 Å². The molecule has 2 rings (SSSR count). The Morgan fingerprint density at radius 2 is 1.71 bits per heavy atom. The maximum Gasteiger partial charge on any atom is 0.416 e. The molecule has 7 heteroatoms. The number of aromatic amines is 1. The Labute approximate surface area is 125 Å². The number of rotatable bonds is 3. The van der Waals surface area contributed by atoms with Crippen LogP contribution in [0.3, 0.4) is 0 Å². The second kappa shape index (κ2) is 5.71. The van der Waals surface area contributed by atoms with Gasteiger partial charge in [0.2, 0.25) is 5.16 Å². The van der Waals surface area contributed by atoms with Crippen LogP contribution in [-0.2, 0) is 17.3 Å². The molecule has 0 saturated carbocycles. The summed E-state index contributed by atoms with van der Waals surface area (Å²) in [5.74, 6) is 1.32. The Hall–Kier alpha value is -1.50. The molecule has 0 atom stereocenters. The first-order chi connectivity index (χ1) is 9.66. The van der Waals surface area contributed by atoms with Crippen molar-refractivity contribution in [3.05, 3.63) is 41.2 Å². The van der Waals surface area contributed by atoms with Gasteiger partial charge < -0.3 is 0 Å². The summed E-state index contributed by atoms with van der Waals surface area (Å²) in [7, 11) is 0. The minimum Gasteiger partial charge on any atom is -0.262 e. The predicted molar refractivity (Wildman–Crippen MR) is 76.1 cm³/mol. The fraction of sp³-hybridized carbons (Fsp3) is 0.429. The zero-order valence-electron chi connectivity index (χ0n) is 12.0. The Kier molecular flexibility index (Phi) is 4.32. The first-order valence-electron chi connectivity index (χ1n) is 6.38. The van der Waals surface area contributed by atoms with Crippen molar-refractivity contribution in [2.24, 2.45) is 0 Å². The molecule has 0 radical (unpaired) electrons. The molecule has 0 amide bonds. The Morgan fingerprint density at radius 1 is 1.10 bits per heavy atom. The number of hydrogen-bond acceptors (Lipinski definition) is 3. The molecule has 0 spiro atoms. The Balaban J connectivity index is 1.99. The molecule has 0 unspecified atom stereocenters. The smallest absolute Gasteiger partial charge is 0.262 e. The number of hydrogen-bond donors (Lipinski definition) is 1. The molecule has 21 heavy (non-hydrogen) atoms. The maximum atomic E-state index is 12.5. The molecule has 114 valence electrons. The average molecular weight is 315 g/mol. The molecule has 3 nitrogen and oxygen atoms in total. The number of nitrogens with zero attached hydrogens (tertiary/aromatic N) is 2. The van der Waals surface area contributed by atoms with Crippen molar-refractivity contribution < 1.29 is 13.2 Å². The topological polar surface area (TPSA) is 41.6 Å². The van der Waals surface area contributed by atoms with Crippen molar-refractivity contribution in [2.75, 3.05) is 0 Å². The fourth-order valence-corrected chi connectivity index (χ4v) is 2.34. The third-order valence-electron chi connectivity index (χ3n) is 2.82. The van der Waals surface area contributed by atoms with Gasteiger partial charge >= 0.3 is 6.18 Å². The van der Waals surface area contributed by atoms with Gasteiger partial charge in [-0.1, -0.05) is 44.7 Å². The number of halogens is 3. The van der Waals surface area contributed by atoms with Gasteiger partial charge in [-0.15, -0.1) is 5.10 Å². The molecule has 1 aromatic heterocycles. The van der Waals surface area contributed by atoms with E-state index in [0.717, 1.165) is 23.5 Å². The monoisotopic (exact) mass is 315 g/mol. The highest BCUT2D eigenvalue weighted by Gasteiger charge is 2.29. The van der Waals surface area contributed by atoms with Gasteiger partial charge in [-0.2, -0.15) is 13.2 Å². The van der Waals surface area contributed by atoms with Gasteiger partial charge in [0.25, 0.3) is 0 Å². The largest absolute Gasteiger partial charge is 0.416 e. The van der Waals surface area contributed by atoms with Crippen molar-refractivity contribution in [1.82, 2.24) is 15.2 Å². The number of nitrogens with one attached hydrogen (secondary N) is 1. The summed E-state index contributed by atoms with van der Waals surface area (Å²) >= 11 is 1.39. The van der Waals surface area contributed by atoms with Crippen LogP contribution in [0.15, 0.2) is 29.4 Å². The van der Waals surface area contributed by atoms with Crippen LogP contribution in [0.4, 0.5) is 13.2 Å². The normalized spacial score (nSPS) is 12.7. The van der Waals surface area contributed by atoms with Crippen LogP contribution in [0.1, 0.15) is 37.7 Å². The highest BCUT2D eigenvalue weighted by molar-refractivity contribution is 7.98. The van der Waals surface area contributed by atoms with Crippen LogP contribution in [0.2, 0.25) is 0 Å². The molecular formula is C14H16F3N3S. The molecule has 0 aliphatic carbocycles. The number of thioether (sulfide) groups is 1. The van der Waals surface area contributed by atoms with E-state index in [1.807, 2.05) is 20.8 Å². The van der Waals surface area contributed by atoms with Gasteiger partial charge in [0.15, 0.2) is 0 Å². The minimum absolute atomic E-state index is 0.111. The fourth-order valence-electron chi connectivity index (χ4n) is 1.58. The number of alkyl halides is 3. The van der Waals surface area contributed by atoms with E-state index in [2.05, 4.69) is 15.2 Å². The van der Waals surface area contributed by atoms with Crippen LogP contribution >= 0.6 is 11.8 Å². The van der Waals surface area contributed by atoms with E-state index in [1.54, 1.807) is 0 Å². The van der Waals surface area contributed by atoms with E-state index < -0.39 is 11.7 Å².